The topological polar surface area (TPSA) is 105 Å². The van der Waals surface area contributed by atoms with Crippen LogP contribution in [0.3, 0.4) is 0 Å². The fourth-order valence-corrected chi connectivity index (χ4v) is 2.66. The summed E-state index contributed by atoms with van der Waals surface area (Å²) in [6.45, 7) is 11.0. The Balaban J connectivity index is 0.000000320. The first-order valence-electron chi connectivity index (χ1n) is 10.8. The lowest BCUT2D eigenvalue weighted by Crippen LogP contribution is -2.38. The average Bonchev–Trinajstić information content (AvgIpc) is 2.67. The molecule has 6 nitrogen and oxygen atoms in total. The number of hydrogen-bond acceptors (Lipinski definition) is 6. The molecule has 0 saturated carbocycles. The van der Waals surface area contributed by atoms with E-state index in [0.717, 1.165) is 11.1 Å². The number of carbonyl (C=O) groups excluding carboxylic acids is 2. The quantitative estimate of drug-likeness (QED) is 0.660. The van der Waals surface area contributed by atoms with Crippen LogP contribution < -0.4 is 11.5 Å². The molecule has 0 aliphatic heterocycles. The summed E-state index contributed by atoms with van der Waals surface area (Å²) in [7, 11) is 0. The van der Waals surface area contributed by atoms with Crippen LogP contribution in [0.1, 0.15) is 52.7 Å². The lowest BCUT2D eigenvalue weighted by Gasteiger charge is -2.22. The average molecular weight is 443 g/mol. The highest BCUT2D eigenvalue weighted by Crippen LogP contribution is 2.11. The Bertz CT molecular complexity index is 753. The summed E-state index contributed by atoms with van der Waals surface area (Å²) < 4.78 is 10.4. The summed E-state index contributed by atoms with van der Waals surface area (Å²) in [6.07, 6.45) is 1.02. The van der Waals surface area contributed by atoms with Crippen LogP contribution in [0.5, 0.6) is 0 Å². The highest BCUT2D eigenvalue weighted by Gasteiger charge is 2.23. The zero-order valence-corrected chi connectivity index (χ0v) is 20.1. The molecule has 0 bridgehead atoms. The van der Waals surface area contributed by atoms with Crippen molar-refractivity contribution in [2.75, 3.05) is 0 Å². The first-order chi connectivity index (χ1) is 14.8. The van der Waals surface area contributed by atoms with Gasteiger partial charge in [-0.15, -0.1) is 0 Å². The van der Waals surface area contributed by atoms with E-state index in [1.54, 1.807) is 0 Å². The van der Waals surface area contributed by atoms with Gasteiger partial charge in [-0.3, -0.25) is 9.59 Å². The van der Waals surface area contributed by atoms with E-state index in [4.69, 9.17) is 20.9 Å². The number of ether oxygens (including phenoxy) is 2. The molecule has 0 saturated heterocycles. The van der Waals surface area contributed by atoms with Crippen molar-refractivity contribution in [1.82, 2.24) is 0 Å². The third kappa shape index (κ3) is 12.2. The van der Waals surface area contributed by atoms with Crippen LogP contribution in [0.4, 0.5) is 0 Å². The number of nitrogens with two attached hydrogens (primary N) is 2. The van der Waals surface area contributed by atoms with Crippen LogP contribution in [-0.4, -0.2) is 35.2 Å². The minimum Gasteiger partial charge on any atom is -0.459 e. The van der Waals surface area contributed by atoms with Gasteiger partial charge in [-0.1, -0.05) is 60.7 Å². The molecule has 0 heterocycles. The second-order valence-electron chi connectivity index (χ2n) is 9.66. The zero-order chi connectivity index (χ0) is 24.4. The van der Waals surface area contributed by atoms with Gasteiger partial charge in [0.15, 0.2) is 0 Å². The summed E-state index contributed by atoms with van der Waals surface area (Å²) in [5, 5.41) is 0. The van der Waals surface area contributed by atoms with Crippen LogP contribution in [-0.2, 0) is 31.9 Å². The maximum Gasteiger partial charge on any atom is 0.323 e. The minimum atomic E-state index is -0.596. The summed E-state index contributed by atoms with van der Waals surface area (Å²) >= 11 is 0. The molecule has 2 aromatic rings. The molecule has 0 aliphatic rings. The molecule has 4 N–H and O–H groups in total. The molecule has 0 aliphatic carbocycles. The molecule has 0 amide bonds. The third-order valence-electron chi connectivity index (χ3n) is 4.02. The Morgan fingerprint density at radius 1 is 0.656 bits per heavy atom. The van der Waals surface area contributed by atoms with Gasteiger partial charge < -0.3 is 20.9 Å². The van der Waals surface area contributed by atoms with Crippen molar-refractivity contribution in [1.29, 1.82) is 0 Å². The van der Waals surface area contributed by atoms with Gasteiger partial charge in [-0.05, 0) is 65.5 Å². The summed E-state index contributed by atoms with van der Waals surface area (Å²) in [6, 6.07) is 18.2. The normalized spacial score (nSPS) is 13.2. The van der Waals surface area contributed by atoms with Crippen LogP contribution in [0.15, 0.2) is 60.7 Å². The van der Waals surface area contributed by atoms with Crippen molar-refractivity contribution in [2.24, 2.45) is 11.5 Å². The molecule has 0 fully saturated rings. The Morgan fingerprint density at radius 2 is 0.938 bits per heavy atom. The fraction of sp³-hybridized carbons (Fsp3) is 0.462. The van der Waals surface area contributed by atoms with Crippen molar-refractivity contribution in [3.05, 3.63) is 71.8 Å². The molecule has 0 spiro atoms. The van der Waals surface area contributed by atoms with E-state index < -0.39 is 23.3 Å². The summed E-state index contributed by atoms with van der Waals surface area (Å²) in [4.78, 5) is 23.2. The van der Waals surface area contributed by atoms with E-state index in [2.05, 4.69) is 0 Å². The number of rotatable bonds is 6. The van der Waals surface area contributed by atoms with E-state index in [9.17, 15) is 9.59 Å². The van der Waals surface area contributed by atoms with Gasteiger partial charge in [0.05, 0.1) is 0 Å². The first-order valence-corrected chi connectivity index (χ1v) is 10.8. The van der Waals surface area contributed by atoms with Gasteiger partial charge in [0.25, 0.3) is 0 Å². The first kappa shape index (κ1) is 27.3. The van der Waals surface area contributed by atoms with E-state index >= 15 is 0 Å². The number of benzene rings is 2. The van der Waals surface area contributed by atoms with Crippen LogP contribution >= 0.6 is 0 Å². The Kier molecular flexibility index (Phi) is 10.6. The van der Waals surface area contributed by atoms with Gasteiger partial charge in [0.2, 0.25) is 0 Å². The van der Waals surface area contributed by atoms with Crippen molar-refractivity contribution in [3.8, 4) is 0 Å². The molecule has 32 heavy (non-hydrogen) atoms. The zero-order valence-electron chi connectivity index (χ0n) is 20.1. The second kappa shape index (κ2) is 12.4. The van der Waals surface area contributed by atoms with Crippen LogP contribution in [0.2, 0.25) is 0 Å². The molecule has 6 heteroatoms. The predicted molar refractivity (Wildman–Crippen MR) is 128 cm³/mol. The molecule has 2 atom stereocenters. The Morgan fingerprint density at radius 3 is 1.19 bits per heavy atom. The van der Waals surface area contributed by atoms with Gasteiger partial charge >= 0.3 is 11.9 Å². The van der Waals surface area contributed by atoms with Gasteiger partial charge in [0, 0.05) is 0 Å². The predicted octanol–water partition coefficient (Wildman–Crippen LogP) is 3.80. The fourth-order valence-electron chi connectivity index (χ4n) is 2.66. The maximum absolute atomic E-state index is 11.6. The molecule has 0 radical (unpaired) electrons. The Hall–Kier alpha value is -2.70. The monoisotopic (exact) mass is 442 g/mol. The van der Waals surface area contributed by atoms with Crippen molar-refractivity contribution in [3.63, 3.8) is 0 Å². The minimum absolute atomic E-state index is 0.351. The maximum atomic E-state index is 11.6. The molecule has 176 valence electrons. The third-order valence-corrected chi connectivity index (χ3v) is 4.02. The van der Waals surface area contributed by atoms with Crippen molar-refractivity contribution in [2.45, 2.75) is 77.7 Å². The summed E-state index contributed by atoms with van der Waals surface area (Å²) in [5.74, 6) is -0.701. The van der Waals surface area contributed by atoms with Crippen LogP contribution in [0, 0.1) is 0 Å². The molecule has 0 aromatic heterocycles. The number of esters is 2. The van der Waals surface area contributed by atoms with E-state index in [0.29, 0.717) is 12.8 Å². The van der Waals surface area contributed by atoms with E-state index in [1.165, 1.54) is 0 Å². The summed E-state index contributed by atoms with van der Waals surface area (Å²) in [5.41, 5.74) is 12.7. The Labute approximate surface area is 192 Å². The second-order valence-corrected chi connectivity index (χ2v) is 9.66. The SMILES string of the molecule is CC(C)(C)OC(=O)[C@H](N)Cc1ccccc1.CC(C)(C)OC(=O)[C@H](N)Cc1ccccc1. The molecule has 2 aromatic carbocycles. The van der Waals surface area contributed by atoms with Gasteiger partial charge in [-0.2, -0.15) is 0 Å². The smallest absolute Gasteiger partial charge is 0.323 e. The lowest BCUT2D eigenvalue weighted by molar-refractivity contribution is -0.157. The standard InChI is InChI=1S/2C13H19NO2/c2*1-13(2,3)16-12(15)11(14)9-10-7-5-4-6-8-10/h2*4-8,11H,9,14H2,1-3H3/t2*11-/m11/s1. The highest BCUT2D eigenvalue weighted by atomic mass is 16.6. The highest BCUT2D eigenvalue weighted by molar-refractivity contribution is 5.76. The number of hydrogen-bond donors (Lipinski definition) is 2. The largest absolute Gasteiger partial charge is 0.459 e. The van der Waals surface area contributed by atoms with Gasteiger partial charge in [0.1, 0.15) is 23.3 Å². The molecular formula is C26H38N2O4. The van der Waals surface area contributed by atoms with Crippen LogP contribution in [0.25, 0.3) is 0 Å². The molecule has 0 unspecified atom stereocenters. The number of carbonyl (C=O) groups is 2. The van der Waals surface area contributed by atoms with E-state index in [1.807, 2.05) is 102 Å². The van der Waals surface area contributed by atoms with Crippen molar-refractivity contribution >= 4 is 11.9 Å². The lowest BCUT2D eigenvalue weighted by atomic mass is 10.1. The molecular weight excluding hydrogens is 404 g/mol. The van der Waals surface area contributed by atoms with E-state index in [-0.39, 0.29) is 11.9 Å². The van der Waals surface area contributed by atoms with Crippen molar-refractivity contribution < 1.29 is 19.1 Å². The van der Waals surface area contributed by atoms with Gasteiger partial charge in [-0.25, -0.2) is 0 Å². The molecule has 2 rings (SSSR count).